The minimum atomic E-state index is -3.07. The maximum absolute atomic E-state index is 13.2. The molecule has 0 radical (unpaired) electrons. The number of rotatable bonds is 4. The Morgan fingerprint density at radius 3 is 2.57 bits per heavy atom. The molecule has 1 saturated heterocycles. The number of carbonyl (C=O) groups is 1. The molecule has 0 spiro atoms. The molecule has 1 amide bonds. The van der Waals surface area contributed by atoms with Gasteiger partial charge in [-0.25, -0.2) is 18.1 Å². The van der Waals surface area contributed by atoms with Gasteiger partial charge >= 0.3 is 0 Å². The van der Waals surface area contributed by atoms with Crippen molar-refractivity contribution in [2.75, 3.05) is 16.8 Å². The Kier molecular flexibility index (Phi) is 4.59. The van der Waals surface area contributed by atoms with Gasteiger partial charge in [0.1, 0.15) is 0 Å². The summed E-state index contributed by atoms with van der Waals surface area (Å²) in [5.74, 6) is 0.315. The summed E-state index contributed by atoms with van der Waals surface area (Å²) >= 11 is 5.94. The zero-order chi connectivity index (χ0) is 21.0. The lowest BCUT2D eigenvalue weighted by atomic mass is 10.1. The maximum atomic E-state index is 13.2. The molecule has 0 bridgehead atoms. The standard InChI is InChI=1S/C21H21ClN4O3S/c1-12-19-17(21(27)23-15-6-4-14(22)5-7-15)10-18(13-2-3-13)24-20(19)26(25-12)16-8-9-30(28,29)11-16/h4-7,10,13,16H,2-3,8-9,11H2,1H3,(H,23,27)/t16-/m1/s1. The molecule has 2 aromatic heterocycles. The Hall–Kier alpha value is -2.45. The third-order valence-electron chi connectivity index (χ3n) is 5.75. The number of aryl methyl sites for hydroxylation is 1. The van der Waals surface area contributed by atoms with Crippen LogP contribution in [0.4, 0.5) is 5.69 Å². The highest BCUT2D eigenvalue weighted by atomic mass is 35.5. The van der Waals surface area contributed by atoms with Crippen LogP contribution in [-0.4, -0.2) is 40.6 Å². The highest BCUT2D eigenvalue weighted by molar-refractivity contribution is 7.91. The third kappa shape index (κ3) is 3.58. The molecule has 3 aromatic rings. The number of pyridine rings is 1. The third-order valence-corrected chi connectivity index (χ3v) is 7.76. The summed E-state index contributed by atoms with van der Waals surface area (Å²) in [5.41, 5.74) is 3.30. The highest BCUT2D eigenvalue weighted by Crippen LogP contribution is 2.41. The first-order chi connectivity index (χ1) is 14.3. The van der Waals surface area contributed by atoms with Crippen molar-refractivity contribution in [2.45, 2.75) is 38.1 Å². The fourth-order valence-corrected chi connectivity index (χ4v) is 5.87. The van der Waals surface area contributed by atoms with Gasteiger partial charge in [0, 0.05) is 22.3 Å². The van der Waals surface area contributed by atoms with Crippen molar-refractivity contribution in [3.8, 4) is 0 Å². The first-order valence-corrected chi connectivity index (χ1v) is 12.2. The van der Waals surface area contributed by atoms with Gasteiger partial charge in [-0.15, -0.1) is 0 Å². The lowest BCUT2D eigenvalue weighted by Gasteiger charge is -2.12. The predicted molar refractivity (Wildman–Crippen MR) is 116 cm³/mol. The van der Waals surface area contributed by atoms with Gasteiger partial charge < -0.3 is 5.32 Å². The molecule has 5 rings (SSSR count). The van der Waals surface area contributed by atoms with E-state index in [1.165, 1.54) is 0 Å². The molecule has 1 aromatic carbocycles. The zero-order valence-electron chi connectivity index (χ0n) is 16.4. The number of hydrogen-bond donors (Lipinski definition) is 1. The molecule has 9 heteroatoms. The first kappa shape index (κ1) is 19.5. The lowest BCUT2D eigenvalue weighted by Crippen LogP contribution is -2.15. The van der Waals surface area contributed by atoms with Crippen LogP contribution in [0.3, 0.4) is 0 Å². The number of carbonyl (C=O) groups excluding carboxylic acids is 1. The normalized spacial score (nSPS) is 20.5. The van der Waals surface area contributed by atoms with E-state index in [4.69, 9.17) is 16.6 Å². The second kappa shape index (κ2) is 7.06. The Bertz CT molecular complexity index is 1260. The van der Waals surface area contributed by atoms with E-state index in [-0.39, 0.29) is 23.5 Å². The van der Waals surface area contributed by atoms with E-state index >= 15 is 0 Å². The molecule has 1 aliphatic carbocycles. The monoisotopic (exact) mass is 444 g/mol. The van der Waals surface area contributed by atoms with Crippen molar-refractivity contribution < 1.29 is 13.2 Å². The summed E-state index contributed by atoms with van der Waals surface area (Å²) in [5, 5.41) is 8.81. The molecule has 156 valence electrons. The summed E-state index contributed by atoms with van der Waals surface area (Å²) in [6, 6.07) is 8.55. The average Bonchev–Trinajstić information content (AvgIpc) is 3.42. The van der Waals surface area contributed by atoms with Gasteiger partial charge in [0.25, 0.3) is 5.91 Å². The van der Waals surface area contributed by atoms with Crippen molar-refractivity contribution in [2.24, 2.45) is 0 Å². The smallest absolute Gasteiger partial charge is 0.256 e. The number of amides is 1. The first-order valence-electron chi connectivity index (χ1n) is 9.98. The number of sulfone groups is 1. The highest BCUT2D eigenvalue weighted by Gasteiger charge is 2.34. The number of fused-ring (bicyclic) bond motifs is 1. The molecule has 1 atom stereocenters. The number of anilines is 1. The quantitative estimate of drug-likeness (QED) is 0.658. The Morgan fingerprint density at radius 2 is 1.93 bits per heavy atom. The van der Waals surface area contributed by atoms with Gasteiger partial charge in [-0.3, -0.25) is 4.79 Å². The topological polar surface area (TPSA) is 93.9 Å². The Labute approximate surface area is 179 Å². The van der Waals surface area contributed by atoms with Gasteiger partial charge in [0.15, 0.2) is 15.5 Å². The molecule has 1 aliphatic heterocycles. The van der Waals surface area contributed by atoms with Crippen LogP contribution in [0, 0.1) is 6.92 Å². The molecule has 2 fully saturated rings. The molecule has 2 aliphatic rings. The van der Waals surface area contributed by atoms with Crippen LogP contribution in [0.2, 0.25) is 5.02 Å². The predicted octanol–water partition coefficient (Wildman–Crippen LogP) is 3.88. The van der Waals surface area contributed by atoms with Crippen LogP contribution >= 0.6 is 11.6 Å². The van der Waals surface area contributed by atoms with Gasteiger partial charge in [0.05, 0.1) is 34.2 Å². The molecular weight excluding hydrogens is 424 g/mol. The summed E-state index contributed by atoms with van der Waals surface area (Å²) < 4.78 is 25.7. The maximum Gasteiger partial charge on any atom is 0.256 e. The average molecular weight is 445 g/mol. The van der Waals surface area contributed by atoms with E-state index in [9.17, 15) is 13.2 Å². The van der Waals surface area contributed by atoms with Crippen LogP contribution in [0.15, 0.2) is 30.3 Å². The van der Waals surface area contributed by atoms with Crippen molar-refractivity contribution >= 4 is 44.1 Å². The summed E-state index contributed by atoms with van der Waals surface area (Å²) in [6.07, 6.45) is 2.60. The molecule has 7 nitrogen and oxygen atoms in total. The van der Waals surface area contributed by atoms with Crippen LogP contribution in [0.1, 0.15) is 53.0 Å². The molecular formula is C21H21ClN4O3S. The summed E-state index contributed by atoms with van der Waals surface area (Å²) in [6.45, 7) is 1.83. The fourth-order valence-electron chi connectivity index (χ4n) is 4.05. The summed E-state index contributed by atoms with van der Waals surface area (Å²) in [4.78, 5) is 18.0. The molecule has 1 saturated carbocycles. The number of benzene rings is 1. The van der Waals surface area contributed by atoms with Crippen LogP contribution in [0.5, 0.6) is 0 Å². The second-order valence-corrected chi connectivity index (χ2v) is 10.8. The van der Waals surface area contributed by atoms with E-state index in [0.717, 1.165) is 18.5 Å². The van der Waals surface area contributed by atoms with E-state index in [1.807, 2.05) is 13.0 Å². The van der Waals surface area contributed by atoms with Crippen molar-refractivity contribution in [1.29, 1.82) is 0 Å². The zero-order valence-corrected chi connectivity index (χ0v) is 18.0. The minimum Gasteiger partial charge on any atom is -0.322 e. The van der Waals surface area contributed by atoms with E-state index in [0.29, 0.717) is 45.3 Å². The van der Waals surface area contributed by atoms with Crippen LogP contribution in [0.25, 0.3) is 11.0 Å². The number of nitrogens with one attached hydrogen (secondary N) is 1. The molecule has 0 unspecified atom stereocenters. The van der Waals surface area contributed by atoms with Crippen LogP contribution < -0.4 is 5.32 Å². The van der Waals surface area contributed by atoms with Gasteiger partial charge in [-0.2, -0.15) is 5.10 Å². The summed E-state index contributed by atoms with van der Waals surface area (Å²) in [7, 11) is -3.07. The van der Waals surface area contributed by atoms with E-state index in [2.05, 4.69) is 10.4 Å². The van der Waals surface area contributed by atoms with E-state index < -0.39 is 9.84 Å². The van der Waals surface area contributed by atoms with Crippen molar-refractivity contribution in [3.63, 3.8) is 0 Å². The second-order valence-electron chi connectivity index (χ2n) is 8.12. The Balaban J connectivity index is 1.60. The number of aromatic nitrogens is 3. The van der Waals surface area contributed by atoms with Crippen molar-refractivity contribution in [3.05, 3.63) is 52.3 Å². The number of nitrogens with zero attached hydrogens (tertiary/aromatic N) is 3. The van der Waals surface area contributed by atoms with Crippen molar-refractivity contribution in [1.82, 2.24) is 14.8 Å². The minimum absolute atomic E-state index is 0.0604. The lowest BCUT2D eigenvalue weighted by molar-refractivity contribution is 0.102. The Morgan fingerprint density at radius 1 is 1.20 bits per heavy atom. The van der Waals surface area contributed by atoms with Gasteiger partial charge in [0.2, 0.25) is 0 Å². The molecule has 1 N–H and O–H groups in total. The van der Waals surface area contributed by atoms with Gasteiger partial charge in [-0.1, -0.05) is 11.6 Å². The van der Waals surface area contributed by atoms with Gasteiger partial charge in [-0.05, 0) is 56.5 Å². The fraction of sp³-hybridized carbons (Fsp3) is 0.381. The largest absolute Gasteiger partial charge is 0.322 e. The van der Waals surface area contributed by atoms with E-state index in [1.54, 1.807) is 28.9 Å². The molecule has 30 heavy (non-hydrogen) atoms. The number of halogens is 1. The molecule has 3 heterocycles. The van der Waals surface area contributed by atoms with Crippen LogP contribution in [-0.2, 0) is 9.84 Å². The SMILES string of the molecule is Cc1nn([C@@H]2CCS(=O)(=O)C2)c2nc(C3CC3)cc(C(=O)Nc3ccc(Cl)cc3)c12. The number of hydrogen-bond acceptors (Lipinski definition) is 5.